The Bertz CT molecular complexity index is 122. The van der Waals surface area contributed by atoms with Crippen LogP contribution in [0.4, 0.5) is 0 Å². The monoisotopic (exact) mass is 137 g/mol. The molecular formula is C10H17. The van der Waals surface area contributed by atoms with Gasteiger partial charge in [0.15, 0.2) is 0 Å². The van der Waals surface area contributed by atoms with Gasteiger partial charge in [-0.05, 0) is 38.2 Å². The zero-order chi connectivity index (χ0) is 7.40. The molecule has 1 unspecified atom stereocenters. The van der Waals surface area contributed by atoms with Gasteiger partial charge in [0.1, 0.15) is 0 Å². The molecule has 0 aliphatic heterocycles. The highest BCUT2D eigenvalue weighted by molar-refractivity contribution is 4.97. The van der Waals surface area contributed by atoms with Gasteiger partial charge in [-0.3, -0.25) is 0 Å². The molecule has 1 aliphatic rings. The number of hydrogen-bond donors (Lipinski definition) is 0. The standard InChI is InChI=1S/C10H17/c1-9-7-5-3-4-6-8-10(9)2/h9H,3-7H2,1-2H3. The van der Waals surface area contributed by atoms with Crippen LogP contribution < -0.4 is 0 Å². The summed E-state index contributed by atoms with van der Waals surface area (Å²) in [5.74, 6) is 0.792. The smallest absolute Gasteiger partial charge is 0.0229 e. The summed E-state index contributed by atoms with van der Waals surface area (Å²) in [6, 6.07) is 0. The predicted molar refractivity (Wildman–Crippen MR) is 44.7 cm³/mol. The highest BCUT2D eigenvalue weighted by Crippen LogP contribution is 2.21. The molecule has 0 bridgehead atoms. The molecular weight excluding hydrogens is 120 g/mol. The topological polar surface area (TPSA) is 0 Å². The van der Waals surface area contributed by atoms with Crippen LogP contribution >= 0.6 is 0 Å². The van der Waals surface area contributed by atoms with E-state index >= 15 is 0 Å². The number of rotatable bonds is 0. The van der Waals surface area contributed by atoms with Crippen molar-refractivity contribution in [3.05, 3.63) is 11.6 Å². The molecule has 0 aromatic rings. The summed E-state index contributed by atoms with van der Waals surface area (Å²) in [5, 5.41) is 0. The van der Waals surface area contributed by atoms with Crippen molar-refractivity contribution in [3.63, 3.8) is 0 Å². The summed E-state index contributed by atoms with van der Waals surface area (Å²) in [5.41, 5.74) is 1.49. The first-order chi connectivity index (χ1) is 4.80. The van der Waals surface area contributed by atoms with E-state index in [0.29, 0.717) is 0 Å². The van der Waals surface area contributed by atoms with Gasteiger partial charge in [-0.2, -0.15) is 0 Å². The molecule has 0 heteroatoms. The Balaban J connectivity index is 2.48. The molecule has 1 aliphatic carbocycles. The maximum absolute atomic E-state index is 3.45. The third-order valence-electron chi connectivity index (χ3n) is 2.46. The fourth-order valence-electron chi connectivity index (χ4n) is 1.43. The van der Waals surface area contributed by atoms with Crippen LogP contribution in [-0.4, -0.2) is 0 Å². The lowest BCUT2D eigenvalue weighted by molar-refractivity contribution is 0.524. The van der Waals surface area contributed by atoms with E-state index in [0.717, 1.165) is 5.92 Å². The van der Waals surface area contributed by atoms with E-state index in [-0.39, 0.29) is 0 Å². The van der Waals surface area contributed by atoms with Crippen LogP contribution in [0.5, 0.6) is 0 Å². The average Bonchev–Trinajstić information content (AvgIpc) is 1.92. The van der Waals surface area contributed by atoms with E-state index < -0.39 is 0 Å². The van der Waals surface area contributed by atoms with E-state index in [1.165, 1.54) is 37.7 Å². The van der Waals surface area contributed by atoms with Gasteiger partial charge in [0.25, 0.3) is 0 Å². The quantitative estimate of drug-likeness (QED) is 0.480. The molecule has 0 nitrogen and oxygen atoms in total. The van der Waals surface area contributed by atoms with Crippen LogP contribution in [0.2, 0.25) is 0 Å². The first-order valence-electron chi connectivity index (χ1n) is 4.38. The maximum Gasteiger partial charge on any atom is -0.0229 e. The molecule has 0 fully saturated rings. The minimum Gasteiger partial charge on any atom is -0.0670 e. The molecule has 1 radical (unpaired) electrons. The summed E-state index contributed by atoms with van der Waals surface area (Å²) < 4.78 is 0. The van der Waals surface area contributed by atoms with Crippen molar-refractivity contribution in [1.82, 2.24) is 0 Å². The fourth-order valence-corrected chi connectivity index (χ4v) is 1.43. The number of allylic oxidation sites excluding steroid dienone is 2. The van der Waals surface area contributed by atoms with Gasteiger partial charge in [0, 0.05) is 0 Å². The zero-order valence-corrected chi connectivity index (χ0v) is 7.11. The second-order valence-electron chi connectivity index (χ2n) is 3.36. The summed E-state index contributed by atoms with van der Waals surface area (Å²) in [6.45, 7) is 4.53. The molecule has 0 aromatic heterocycles. The van der Waals surface area contributed by atoms with Gasteiger partial charge in [-0.1, -0.05) is 25.3 Å². The van der Waals surface area contributed by atoms with Gasteiger partial charge in [-0.25, -0.2) is 0 Å². The van der Waals surface area contributed by atoms with E-state index in [4.69, 9.17) is 0 Å². The number of hydrogen-bond acceptors (Lipinski definition) is 0. The van der Waals surface area contributed by atoms with Crippen LogP contribution in [0.15, 0.2) is 5.57 Å². The Hall–Kier alpha value is -0.260. The summed E-state index contributed by atoms with van der Waals surface area (Å²) in [7, 11) is 0. The highest BCUT2D eigenvalue weighted by Gasteiger charge is 2.05. The lowest BCUT2D eigenvalue weighted by atomic mass is 9.92. The second-order valence-corrected chi connectivity index (χ2v) is 3.36. The molecule has 0 N–H and O–H groups in total. The molecule has 0 spiro atoms. The van der Waals surface area contributed by atoms with Gasteiger partial charge in [-0.15, -0.1) is 0 Å². The highest BCUT2D eigenvalue weighted by atomic mass is 14.1. The SMILES string of the molecule is C/C1=[C]/CCCCCC1C. The van der Waals surface area contributed by atoms with Crippen molar-refractivity contribution in [2.24, 2.45) is 5.92 Å². The fraction of sp³-hybridized carbons (Fsp3) is 0.800. The zero-order valence-electron chi connectivity index (χ0n) is 7.11. The Labute approximate surface area is 64.3 Å². The van der Waals surface area contributed by atoms with Crippen molar-refractivity contribution in [3.8, 4) is 0 Å². The van der Waals surface area contributed by atoms with E-state index in [2.05, 4.69) is 19.9 Å². The molecule has 57 valence electrons. The van der Waals surface area contributed by atoms with Crippen LogP contribution in [0.1, 0.15) is 46.0 Å². The van der Waals surface area contributed by atoms with Crippen molar-refractivity contribution in [2.45, 2.75) is 46.0 Å². The Morgan fingerprint density at radius 3 is 2.90 bits per heavy atom. The summed E-state index contributed by atoms with van der Waals surface area (Å²) in [4.78, 5) is 0. The third-order valence-corrected chi connectivity index (χ3v) is 2.46. The molecule has 1 atom stereocenters. The molecule has 0 saturated heterocycles. The van der Waals surface area contributed by atoms with Gasteiger partial charge < -0.3 is 0 Å². The van der Waals surface area contributed by atoms with Crippen LogP contribution in [-0.2, 0) is 0 Å². The Kier molecular flexibility index (Phi) is 2.98. The predicted octanol–water partition coefficient (Wildman–Crippen LogP) is 3.34. The third kappa shape index (κ3) is 2.17. The average molecular weight is 137 g/mol. The minimum atomic E-state index is 0.792. The largest absolute Gasteiger partial charge is 0.0670 e. The summed E-state index contributed by atoms with van der Waals surface area (Å²) in [6.07, 6.45) is 10.2. The van der Waals surface area contributed by atoms with Gasteiger partial charge in [0.2, 0.25) is 0 Å². The molecule has 0 aromatic carbocycles. The van der Waals surface area contributed by atoms with E-state index in [1.807, 2.05) is 0 Å². The Morgan fingerprint density at radius 1 is 1.30 bits per heavy atom. The summed E-state index contributed by atoms with van der Waals surface area (Å²) >= 11 is 0. The second kappa shape index (κ2) is 3.80. The molecule has 0 heterocycles. The van der Waals surface area contributed by atoms with Crippen LogP contribution in [0.3, 0.4) is 0 Å². The van der Waals surface area contributed by atoms with Crippen LogP contribution in [0.25, 0.3) is 0 Å². The molecule has 1 rings (SSSR count). The first kappa shape index (κ1) is 7.84. The Morgan fingerprint density at radius 2 is 2.10 bits per heavy atom. The molecule has 0 amide bonds. The lowest BCUT2D eigenvalue weighted by Gasteiger charge is -2.14. The van der Waals surface area contributed by atoms with Crippen molar-refractivity contribution < 1.29 is 0 Å². The van der Waals surface area contributed by atoms with Crippen molar-refractivity contribution >= 4 is 0 Å². The van der Waals surface area contributed by atoms with Crippen molar-refractivity contribution in [2.75, 3.05) is 0 Å². The molecule has 10 heavy (non-hydrogen) atoms. The minimum absolute atomic E-state index is 0.792. The van der Waals surface area contributed by atoms with Gasteiger partial charge >= 0.3 is 0 Å². The van der Waals surface area contributed by atoms with E-state index in [9.17, 15) is 0 Å². The van der Waals surface area contributed by atoms with Gasteiger partial charge in [0.05, 0.1) is 0 Å². The first-order valence-corrected chi connectivity index (χ1v) is 4.38. The molecule has 0 saturated carbocycles. The van der Waals surface area contributed by atoms with Crippen LogP contribution in [0, 0.1) is 12.0 Å². The van der Waals surface area contributed by atoms with Crippen molar-refractivity contribution in [1.29, 1.82) is 0 Å². The lowest BCUT2D eigenvalue weighted by Crippen LogP contribution is -1.99. The maximum atomic E-state index is 3.45. The normalized spacial score (nSPS) is 33.8. The van der Waals surface area contributed by atoms with E-state index in [1.54, 1.807) is 0 Å².